The summed E-state index contributed by atoms with van der Waals surface area (Å²) in [6.07, 6.45) is -0.426. The lowest BCUT2D eigenvalue weighted by Crippen LogP contribution is -2.50. The van der Waals surface area contributed by atoms with Crippen LogP contribution in [-0.2, 0) is 0 Å². The molecular weight excluding hydrogens is 439 g/mol. The molecule has 8 nitrogen and oxygen atoms in total. The minimum Gasteiger partial charge on any atom is -0.485 e. The van der Waals surface area contributed by atoms with Gasteiger partial charge in [0.05, 0.1) is 30.4 Å². The van der Waals surface area contributed by atoms with Crippen LogP contribution in [0.15, 0.2) is 42.5 Å². The number of amides is 3. The van der Waals surface area contributed by atoms with Crippen molar-refractivity contribution in [1.82, 2.24) is 9.80 Å². The van der Waals surface area contributed by atoms with Crippen molar-refractivity contribution in [3.05, 3.63) is 53.8 Å². The number of hydrogen-bond donors (Lipinski definition) is 2. The zero-order valence-electron chi connectivity index (χ0n) is 20.3. The Bertz CT molecular complexity index is 1010. The van der Waals surface area contributed by atoms with Crippen LogP contribution in [0.3, 0.4) is 0 Å². The van der Waals surface area contributed by atoms with Gasteiger partial charge in [-0.05, 0) is 43.3 Å². The number of ether oxygens (including phenoxy) is 1. The summed E-state index contributed by atoms with van der Waals surface area (Å²) in [7, 11) is 5.40. The molecule has 3 rings (SSSR count). The number of urea groups is 1. The van der Waals surface area contributed by atoms with E-state index in [9.17, 15) is 19.1 Å². The topological polar surface area (TPSA) is 85.4 Å². The number of nitrogens with one attached hydrogen (secondary N) is 1. The maximum Gasteiger partial charge on any atom is 0.321 e. The number of rotatable bonds is 6. The summed E-state index contributed by atoms with van der Waals surface area (Å²) in [6, 6.07) is 10.2. The van der Waals surface area contributed by atoms with Gasteiger partial charge < -0.3 is 29.9 Å². The van der Waals surface area contributed by atoms with Crippen molar-refractivity contribution in [3.8, 4) is 5.75 Å². The second-order valence-electron chi connectivity index (χ2n) is 8.99. The molecule has 3 atom stereocenters. The molecule has 1 aliphatic heterocycles. The number of para-hydroxylation sites is 1. The van der Waals surface area contributed by atoms with Crippen LogP contribution in [0, 0.1) is 11.7 Å². The molecular formula is C25H33FN4O4. The van der Waals surface area contributed by atoms with E-state index in [1.54, 1.807) is 31.0 Å². The van der Waals surface area contributed by atoms with Crippen molar-refractivity contribution in [2.45, 2.75) is 26.0 Å². The molecule has 0 saturated carbocycles. The first-order valence-corrected chi connectivity index (χ1v) is 11.3. The van der Waals surface area contributed by atoms with E-state index >= 15 is 0 Å². The molecule has 9 heteroatoms. The molecule has 0 saturated heterocycles. The molecule has 2 aromatic carbocycles. The van der Waals surface area contributed by atoms with Crippen LogP contribution in [0.4, 0.5) is 20.6 Å². The third kappa shape index (κ3) is 5.59. The standard InChI is InChI=1S/C25H33FN4O4/c1-16-13-30(17(2)15-31)24(32)20-7-6-8-21(28(3)4)23(20)34-22(16)14-29(5)25(33)27-19-11-9-18(26)10-12-19/h6-12,16-17,22,31H,13-15H2,1-5H3,(H,27,33)/t16-,17-,22-/m1/s1. The molecule has 0 bridgehead atoms. The molecule has 34 heavy (non-hydrogen) atoms. The Morgan fingerprint density at radius 1 is 1.24 bits per heavy atom. The van der Waals surface area contributed by atoms with Crippen LogP contribution in [0.25, 0.3) is 0 Å². The Hall–Kier alpha value is -3.33. The summed E-state index contributed by atoms with van der Waals surface area (Å²) in [4.78, 5) is 31.2. The van der Waals surface area contributed by atoms with Crippen LogP contribution in [-0.4, -0.2) is 79.8 Å². The number of halogens is 1. The number of likely N-dealkylation sites (N-methyl/N-ethyl adjacent to an activating group) is 1. The SMILES string of the molecule is C[C@@H]1CN([C@H](C)CO)C(=O)c2cccc(N(C)C)c2O[C@@H]1CN(C)C(=O)Nc1ccc(F)cc1. The van der Waals surface area contributed by atoms with Gasteiger partial charge in [-0.1, -0.05) is 13.0 Å². The summed E-state index contributed by atoms with van der Waals surface area (Å²) < 4.78 is 19.6. The second kappa shape index (κ2) is 10.7. The molecule has 0 fully saturated rings. The minimum absolute atomic E-state index is 0.137. The number of hydrogen-bond acceptors (Lipinski definition) is 5. The van der Waals surface area contributed by atoms with Gasteiger partial charge in [0.1, 0.15) is 11.9 Å². The molecule has 0 aromatic heterocycles. The number of carbonyl (C=O) groups is 2. The number of aliphatic hydroxyl groups is 1. The number of nitrogens with zero attached hydrogens (tertiary/aromatic N) is 3. The van der Waals surface area contributed by atoms with Gasteiger partial charge in [-0.15, -0.1) is 0 Å². The van der Waals surface area contributed by atoms with Crippen molar-refractivity contribution in [1.29, 1.82) is 0 Å². The largest absolute Gasteiger partial charge is 0.485 e. The molecule has 3 amide bonds. The van der Waals surface area contributed by atoms with Gasteiger partial charge >= 0.3 is 6.03 Å². The summed E-state index contributed by atoms with van der Waals surface area (Å²) in [5, 5.41) is 12.5. The Kier molecular flexibility index (Phi) is 7.98. The fourth-order valence-electron chi connectivity index (χ4n) is 3.90. The highest BCUT2D eigenvalue weighted by atomic mass is 19.1. The minimum atomic E-state index is -0.426. The molecule has 2 aromatic rings. The Morgan fingerprint density at radius 2 is 1.91 bits per heavy atom. The summed E-state index contributed by atoms with van der Waals surface area (Å²) in [5.41, 5.74) is 1.65. The number of benzene rings is 2. The molecule has 2 N–H and O–H groups in total. The number of fused-ring (bicyclic) bond motifs is 1. The zero-order valence-corrected chi connectivity index (χ0v) is 20.3. The van der Waals surface area contributed by atoms with Gasteiger partial charge in [0, 0.05) is 39.3 Å². The van der Waals surface area contributed by atoms with Crippen LogP contribution >= 0.6 is 0 Å². The Balaban J connectivity index is 1.89. The molecule has 0 unspecified atom stereocenters. The van der Waals surface area contributed by atoms with Gasteiger partial charge in [-0.25, -0.2) is 9.18 Å². The first-order valence-electron chi connectivity index (χ1n) is 11.3. The van der Waals surface area contributed by atoms with E-state index in [0.717, 1.165) is 5.69 Å². The second-order valence-corrected chi connectivity index (χ2v) is 8.99. The lowest BCUT2D eigenvalue weighted by atomic mass is 9.99. The van der Waals surface area contributed by atoms with Gasteiger partial charge in [0.15, 0.2) is 5.75 Å². The molecule has 1 aliphatic rings. The van der Waals surface area contributed by atoms with Crippen LogP contribution in [0.5, 0.6) is 5.75 Å². The van der Waals surface area contributed by atoms with E-state index in [1.165, 1.54) is 29.2 Å². The molecule has 1 heterocycles. The lowest BCUT2D eigenvalue weighted by molar-refractivity contribution is 0.0372. The Morgan fingerprint density at radius 3 is 2.53 bits per heavy atom. The Labute approximate surface area is 199 Å². The highest BCUT2D eigenvalue weighted by molar-refractivity contribution is 5.99. The van der Waals surface area contributed by atoms with E-state index in [1.807, 2.05) is 32.0 Å². The van der Waals surface area contributed by atoms with E-state index in [4.69, 9.17) is 4.74 Å². The molecule has 0 spiro atoms. The van der Waals surface area contributed by atoms with Gasteiger partial charge in [-0.3, -0.25) is 4.79 Å². The monoisotopic (exact) mass is 472 g/mol. The number of anilines is 2. The van der Waals surface area contributed by atoms with Crippen LogP contribution < -0.4 is 15.0 Å². The smallest absolute Gasteiger partial charge is 0.321 e. The summed E-state index contributed by atoms with van der Waals surface area (Å²) in [5.74, 6) is -0.262. The first-order chi connectivity index (χ1) is 16.1. The zero-order chi connectivity index (χ0) is 25.0. The average molecular weight is 473 g/mol. The predicted octanol–water partition coefficient (Wildman–Crippen LogP) is 3.28. The normalized spacial score (nSPS) is 18.8. The van der Waals surface area contributed by atoms with Crippen LogP contribution in [0.2, 0.25) is 0 Å². The van der Waals surface area contributed by atoms with E-state index in [-0.39, 0.29) is 42.9 Å². The van der Waals surface area contributed by atoms with E-state index in [2.05, 4.69) is 5.32 Å². The third-order valence-electron chi connectivity index (χ3n) is 6.05. The molecule has 0 radical (unpaired) electrons. The fourth-order valence-corrected chi connectivity index (χ4v) is 3.90. The van der Waals surface area contributed by atoms with E-state index in [0.29, 0.717) is 23.5 Å². The van der Waals surface area contributed by atoms with Gasteiger partial charge in [0.25, 0.3) is 5.91 Å². The van der Waals surface area contributed by atoms with Crippen LogP contribution in [0.1, 0.15) is 24.2 Å². The molecule has 0 aliphatic carbocycles. The average Bonchev–Trinajstić information content (AvgIpc) is 2.81. The highest BCUT2D eigenvalue weighted by Gasteiger charge is 2.35. The highest BCUT2D eigenvalue weighted by Crippen LogP contribution is 2.36. The quantitative estimate of drug-likeness (QED) is 0.674. The number of carbonyl (C=O) groups excluding carboxylic acids is 2. The molecule has 184 valence electrons. The summed E-state index contributed by atoms with van der Waals surface area (Å²) in [6.45, 7) is 4.23. The maximum absolute atomic E-state index is 13.4. The summed E-state index contributed by atoms with van der Waals surface area (Å²) >= 11 is 0. The third-order valence-corrected chi connectivity index (χ3v) is 6.05. The first kappa shape index (κ1) is 25.3. The number of aliphatic hydroxyl groups excluding tert-OH is 1. The van der Waals surface area contributed by atoms with Crippen molar-refractivity contribution in [2.75, 3.05) is 51.1 Å². The van der Waals surface area contributed by atoms with Crippen molar-refractivity contribution in [3.63, 3.8) is 0 Å². The fraction of sp³-hybridized carbons (Fsp3) is 0.440. The lowest BCUT2D eigenvalue weighted by Gasteiger charge is -2.39. The maximum atomic E-state index is 13.4. The van der Waals surface area contributed by atoms with Gasteiger partial charge in [0.2, 0.25) is 0 Å². The predicted molar refractivity (Wildman–Crippen MR) is 130 cm³/mol. The van der Waals surface area contributed by atoms with E-state index < -0.39 is 6.10 Å². The van der Waals surface area contributed by atoms with Gasteiger partial charge in [-0.2, -0.15) is 0 Å². The van der Waals surface area contributed by atoms with Crippen molar-refractivity contribution >= 4 is 23.3 Å². The van der Waals surface area contributed by atoms with Crippen molar-refractivity contribution in [2.24, 2.45) is 5.92 Å². The van der Waals surface area contributed by atoms with Crippen molar-refractivity contribution < 1.29 is 23.8 Å².